The van der Waals surface area contributed by atoms with E-state index in [1.165, 1.54) is 32.1 Å². The summed E-state index contributed by atoms with van der Waals surface area (Å²) in [6.45, 7) is 0.942. The molecule has 0 N–H and O–H groups in total. The van der Waals surface area contributed by atoms with Gasteiger partial charge >= 0.3 is 213 Å². The van der Waals surface area contributed by atoms with Crippen LogP contribution in [0.2, 0.25) is 0 Å². The first-order chi connectivity index (χ1) is 17.2. The Hall–Kier alpha value is -2.44. The zero-order valence-corrected chi connectivity index (χ0v) is 22.6. The van der Waals surface area contributed by atoms with Gasteiger partial charge in [-0.05, 0) is 0 Å². The van der Waals surface area contributed by atoms with Gasteiger partial charge in [-0.15, -0.1) is 0 Å². The second-order valence-electron chi connectivity index (χ2n) is 9.63. The van der Waals surface area contributed by atoms with Crippen molar-refractivity contribution in [1.82, 2.24) is 0 Å². The number of hydrogen-bond donors (Lipinski definition) is 0. The van der Waals surface area contributed by atoms with Crippen molar-refractivity contribution < 1.29 is 9.32 Å². The third-order valence-corrected chi connectivity index (χ3v) is 13.1. The van der Waals surface area contributed by atoms with E-state index in [1.54, 1.807) is 0 Å². The molecule has 0 saturated heterocycles. The molecule has 0 fully saturated rings. The fraction of sp³-hybridized carbons (Fsp3) is 0.406. The summed E-state index contributed by atoms with van der Waals surface area (Å²) >= 11 is 0. The first-order valence-corrected chi connectivity index (χ1v) is 15.9. The van der Waals surface area contributed by atoms with Crippen molar-refractivity contribution in [3.05, 3.63) is 91.0 Å². The van der Waals surface area contributed by atoms with Gasteiger partial charge in [-0.25, -0.2) is 0 Å². The van der Waals surface area contributed by atoms with Crippen LogP contribution in [0.15, 0.2) is 91.0 Å². The van der Waals surface area contributed by atoms with Crippen LogP contribution < -0.4 is 15.9 Å². The summed E-state index contributed by atoms with van der Waals surface area (Å²) in [6.07, 6.45) is 11.6. The molecule has 0 heterocycles. The Bertz CT molecular complexity index is 902. The molecule has 0 aliphatic carbocycles. The number of hydrogen-bond acceptors (Lipinski definition) is 2. The molecule has 0 aliphatic heterocycles. The van der Waals surface area contributed by atoms with E-state index in [1.807, 2.05) is 18.2 Å². The van der Waals surface area contributed by atoms with Gasteiger partial charge in [0.25, 0.3) is 0 Å². The van der Waals surface area contributed by atoms with Crippen LogP contribution in [0.4, 0.5) is 0 Å². The fourth-order valence-electron chi connectivity index (χ4n) is 5.22. The van der Waals surface area contributed by atoms with Gasteiger partial charge in [-0.1, -0.05) is 0 Å². The molecule has 2 nitrogen and oxygen atoms in total. The molecule has 0 aliphatic rings. The Morgan fingerprint density at radius 1 is 0.571 bits per heavy atom. The van der Waals surface area contributed by atoms with Crippen LogP contribution in [0, 0.1) is 0 Å². The van der Waals surface area contributed by atoms with E-state index in [0.29, 0.717) is 6.42 Å². The van der Waals surface area contributed by atoms with E-state index in [0.717, 1.165) is 47.8 Å². The van der Waals surface area contributed by atoms with Gasteiger partial charge < -0.3 is 0 Å². The molecular formula is C32H43O2P. The van der Waals surface area contributed by atoms with Crippen molar-refractivity contribution in [3.8, 4) is 0 Å². The second kappa shape index (κ2) is 13.6. The molecule has 0 radical (unpaired) electrons. The van der Waals surface area contributed by atoms with Crippen LogP contribution in [-0.2, 0) is 9.32 Å². The van der Waals surface area contributed by atoms with E-state index >= 15 is 0 Å². The molecule has 0 atom stereocenters. The SMILES string of the molecule is CCCCCCCCCC(=O)OP(CCCC)(c1ccccc1)(c1ccccc1)c1ccccc1. The second-order valence-corrected chi connectivity index (χ2v) is 14.2. The maximum absolute atomic E-state index is 13.7. The van der Waals surface area contributed by atoms with Crippen molar-refractivity contribution in [2.24, 2.45) is 0 Å². The normalized spacial score (nSPS) is 12.6. The van der Waals surface area contributed by atoms with Gasteiger partial charge in [0.2, 0.25) is 0 Å². The first kappa shape index (κ1) is 27.2. The molecule has 0 unspecified atom stereocenters. The average molecular weight is 491 g/mol. The van der Waals surface area contributed by atoms with Crippen molar-refractivity contribution >= 4 is 28.7 Å². The van der Waals surface area contributed by atoms with Crippen molar-refractivity contribution in [3.63, 3.8) is 0 Å². The van der Waals surface area contributed by atoms with Crippen LogP contribution in [0.1, 0.15) is 78.1 Å². The van der Waals surface area contributed by atoms with Crippen LogP contribution >= 0.6 is 6.83 Å². The van der Waals surface area contributed by atoms with Crippen LogP contribution in [0.25, 0.3) is 0 Å². The Kier molecular flexibility index (Phi) is 10.5. The van der Waals surface area contributed by atoms with Gasteiger partial charge in [0, 0.05) is 0 Å². The van der Waals surface area contributed by atoms with Gasteiger partial charge in [-0.2, -0.15) is 0 Å². The third-order valence-electron chi connectivity index (χ3n) is 7.13. The molecule has 3 aromatic carbocycles. The molecule has 0 aromatic heterocycles. The van der Waals surface area contributed by atoms with Crippen LogP contribution in [0.3, 0.4) is 0 Å². The number of unbranched alkanes of at least 4 members (excludes halogenated alkanes) is 7. The Balaban J connectivity index is 2.05. The summed E-state index contributed by atoms with van der Waals surface area (Å²) in [6, 6.07) is 31.7. The van der Waals surface area contributed by atoms with E-state index < -0.39 is 6.83 Å². The predicted molar refractivity (Wildman–Crippen MR) is 154 cm³/mol. The van der Waals surface area contributed by atoms with E-state index in [-0.39, 0.29) is 5.97 Å². The molecule has 3 rings (SSSR count). The zero-order chi connectivity index (χ0) is 24.8. The molecule has 3 heteroatoms. The van der Waals surface area contributed by atoms with E-state index in [9.17, 15) is 4.79 Å². The first-order valence-electron chi connectivity index (χ1n) is 13.6. The van der Waals surface area contributed by atoms with Crippen LogP contribution in [-0.4, -0.2) is 12.1 Å². The molecule has 35 heavy (non-hydrogen) atoms. The molecule has 0 amide bonds. The van der Waals surface area contributed by atoms with Gasteiger partial charge in [-0.3, -0.25) is 0 Å². The quantitative estimate of drug-likeness (QED) is 0.160. The number of benzene rings is 3. The molecular weight excluding hydrogens is 447 g/mol. The third kappa shape index (κ3) is 6.22. The summed E-state index contributed by atoms with van der Waals surface area (Å²) in [4.78, 5) is 13.7. The van der Waals surface area contributed by atoms with Gasteiger partial charge in [0.05, 0.1) is 0 Å². The Morgan fingerprint density at radius 2 is 0.971 bits per heavy atom. The van der Waals surface area contributed by atoms with Crippen molar-refractivity contribution in [2.45, 2.75) is 78.1 Å². The van der Waals surface area contributed by atoms with Crippen LogP contribution in [0.5, 0.6) is 0 Å². The topological polar surface area (TPSA) is 26.3 Å². The molecule has 188 valence electrons. The summed E-state index contributed by atoms with van der Waals surface area (Å²) in [5.74, 6) is -0.0658. The molecule has 3 aromatic rings. The maximum atomic E-state index is 13.7. The predicted octanol–water partition coefficient (Wildman–Crippen LogP) is 7.92. The summed E-state index contributed by atoms with van der Waals surface area (Å²) in [7, 11) is 0. The average Bonchev–Trinajstić information content (AvgIpc) is 2.92. The summed E-state index contributed by atoms with van der Waals surface area (Å²) in [5.41, 5.74) is 0. The minimum atomic E-state index is -3.52. The minimum absolute atomic E-state index is 0.0658. The number of carbonyl (C=O) groups is 1. The summed E-state index contributed by atoms with van der Waals surface area (Å²) < 4.78 is 7.02. The Morgan fingerprint density at radius 3 is 1.40 bits per heavy atom. The number of rotatable bonds is 15. The fourth-order valence-corrected chi connectivity index (χ4v) is 11.2. The van der Waals surface area contributed by atoms with E-state index in [2.05, 4.69) is 86.6 Å². The van der Waals surface area contributed by atoms with Crippen molar-refractivity contribution in [2.75, 3.05) is 6.16 Å². The van der Waals surface area contributed by atoms with Crippen molar-refractivity contribution in [1.29, 1.82) is 0 Å². The Labute approximate surface area is 213 Å². The molecule has 0 bridgehead atoms. The summed E-state index contributed by atoms with van der Waals surface area (Å²) in [5, 5.41) is 3.41. The monoisotopic (exact) mass is 490 g/mol. The zero-order valence-electron chi connectivity index (χ0n) is 21.7. The van der Waals surface area contributed by atoms with Gasteiger partial charge in [0.1, 0.15) is 0 Å². The molecule has 0 saturated carbocycles. The standard InChI is InChI=1S/C32H43O2P/c1-3-5-7-8-9-10-20-27-32(33)34-35(28-6-4-2,29-21-14-11-15-22-29,30-23-16-12-17-24-30)31-25-18-13-19-26-31/h11-19,21-26H,3-10,20,27-28H2,1-2H3. The van der Waals surface area contributed by atoms with Gasteiger partial charge in [0.15, 0.2) is 0 Å². The number of carbonyl (C=O) groups excluding carboxylic acids is 1. The van der Waals surface area contributed by atoms with E-state index in [4.69, 9.17) is 4.52 Å². The molecule has 0 spiro atoms.